The van der Waals surface area contributed by atoms with E-state index < -0.39 is 0 Å². The van der Waals surface area contributed by atoms with Gasteiger partial charge in [-0.25, -0.2) is 9.97 Å². The third-order valence-corrected chi connectivity index (χ3v) is 4.58. The van der Waals surface area contributed by atoms with Crippen LogP contribution in [0.25, 0.3) is 0 Å². The molecule has 1 heterocycles. The summed E-state index contributed by atoms with van der Waals surface area (Å²) in [6, 6.07) is 0.235. The lowest BCUT2D eigenvalue weighted by molar-refractivity contribution is -0.0511. The van der Waals surface area contributed by atoms with Gasteiger partial charge >= 0.3 is 0 Å². The lowest BCUT2D eigenvalue weighted by Gasteiger charge is -2.49. The third-order valence-electron chi connectivity index (χ3n) is 4.58. The van der Waals surface area contributed by atoms with Crippen molar-refractivity contribution in [1.82, 2.24) is 9.97 Å². The second-order valence-electron chi connectivity index (χ2n) is 7.64. The summed E-state index contributed by atoms with van der Waals surface area (Å²) in [5.74, 6) is 2.54. The molecule has 1 fully saturated rings. The van der Waals surface area contributed by atoms with Crippen LogP contribution in [0.15, 0.2) is 0 Å². The van der Waals surface area contributed by atoms with Gasteiger partial charge in [0.1, 0.15) is 17.5 Å². The van der Waals surface area contributed by atoms with Gasteiger partial charge in [-0.05, 0) is 13.3 Å². The molecule has 1 aliphatic rings. The van der Waals surface area contributed by atoms with Crippen molar-refractivity contribution in [2.24, 2.45) is 5.41 Å². The van der Waals surface area contributed by atoms with Gasteiger partial charge in [-0.15, -0.1) is 0 Å². The highest BCUT2D eigenvalue weighted by molar-refractivity contribution is 5.58. The average molecular weight is 292 g/mol. The van der Waals surface area contributed by atoms with Gasteiger partial charge in [0, 0.05) is 29.5 Å². The maximum Gasteiger partial charge on any atom is 0.138 e. The van der Waals surface area contributed by atoms with E-state index in [2.05, 4.69) is 50.2 Å². The number of hydrogen-bond donors (Lipinski definition) is 3. The Labute approximate surface area is 127 Å². The van der Waals surface area contributed by atoms with Gasteiger partial charge in [-0.3, -0.25) is 0 Å². The molecule has 2 unspecified atom stereocenters. The molecule has 3 N–H and O–H groups in total. The zero-order valence-electron chi connectivity index (χ0n) is 14.2. The van der Waals surface area contributed by atoms with Crippen LogP contribution in [0, 0.1) is 12.3 Å². The summed E-state index contributed by atoms with van der Waals surface area (Å²) in [5.41, 5.74) is 0.784. The summed E-state index contributed by atoms with van der Waals surface area (Å²) in [7, 11) is 1.88. The number of nitrogens with one attached hydrogen (secondary N) is 2. The number of aliphatic hydroxyl groups excluding tert-OH is 1. The minimum absolute atomic E-state index is 0.107. The van der Waals surface area contributed by atoms with Crippen LogP contribution in [0.4, 0.5) is 11.6 Å². The van der Waals surface area contributed by atoms with Crippen molar-refractivity contribution in [1.29, 1.82) is 0 Å². The van der Waals surface area contributed by atoms with E-state index in [-0.39, 0.29) is 23.0 Å². The quantitative estimate of drug-likeness (QED) is 0.799. The topological polar surface area (TPSA) is 70.1 Å². The molecule has 1 aliphatic carbocycles. The molecule has 0 spiro atoms. The zero-order valence-corrected chi connectivity index (χ0v) is 14.2. The molecule has 0 saturated heterocycles. The van der Waals surface area contributed by atoms with Gasteiger partial charge < -0.3 is 15.7 Å². The average Bonchev–Trinajstić information content (AvgIpc) is 2.39. The molecule has 2 rings (SSSR count). The first-order valence-electron chi connectivity index (χ1n) is 7.59. The molecule has 2 atom stereocenters. The van der Waals surface area contributed by atoms with Crippen molar-refractivity contribution < 1.29 is 5.11 Å². The van der Waals surface area contributed by atoms with Crippen LogP contribution in [0.3, 0.4) is 0 Å². The molecule has 5 nitrogen and oxygen atoms in total. The molecule has 0 bridgehead atoms. The van der Waals surface area contributed by atoms with E-state index in [1.165, 1.54) is 0 Å². The lowest BCUT2D eigenvalue weighted by atomic mass is 9.64. The minimum Gasteiger partial charge on any atom is -0.392 e. The van der Waals surface area contributed by atoms with E-state index in [1.807, 2.05) is 14.0 Å². The SMILES string of the molecule is CNc1nc(C(C)(C)C)nc(NC2CC(O)C2(C)C)c1C. The Balaban J connectivity index is 2.35. The maximum absolute atomic E-state index is 9.89. The molecule has 1 aromatic heterocycles. The molecular weight excluding hydrogens is 264 g/mol. The Morgan fingerprint density at radius 1 is 1.19 bits per heavy atom. The number of rotatable bonds is 3. The predicted molar refractivity (Wildman–Crippen MR) is 86.8 cm³/mol. The molecule has 0 aromatic carbocycles. The largest absolute Gasteiger partial charge is 0.392 e. The van der Waals surface area contributed by atoms with Crippen LogP contribution in [0.2, 0.25) is 0 Å². The van der Waals surface area contributed by atoms with Gasteiger partial charge in [-0.2, -0.15) is 0 Å². The van der Waals surface area contributed by atoms with Crippen molar-refractivity contribution in [3.63, 3.8) is 0 Å². The second kappa shape index (κ2) is 5.13. The Morgan fingerprint density at radius 3 is 2.19 bits per heavy atom. The lowest BCUT2D eigenvalue weighted by Crippen LogP contribution is -2.57. The highest BCUT2D eigenvalue weighted by Gasteiger charge is 2.47. The second-order valence-corrected chi connectivity index (χ2v) is 7.64. The van der Waals surface area contributed by atoms with Crippen molar-refractivity contribution in [3.8, 4) is 0 Å². The Morgan fingerprint density at radius 2 is 1.76 bits per heavy atom. The smallest absolute Gasteiger partial charge is 0.138 e. The predicted octanol–water partition coefficient (Wildman–Crippen LogP) is 2.70. The highest BCUT2D eigenvalue weighted by Crippen LogP contribution is 2.42. The summed E-state index contributed by atoms with van der Waals surface area (Å²) < 4.78 is 0. The van der Waals surface area contributed by atoms with Gasteiger partial charge in [0.25, 0.3) is 0 Å². The fourth-order valence-corrected chi connectivity index (χ4v) is 2.55. The summed E-state index contributed by atoms with van der Waals surface area (Å²) >= 11 is 0. The van der Waals surface area contributed by atoms with Gasteiger partial charge in [-0.1, -0.05) is 34.6 Å². The molecule has 0 aliphatic heterocycles. The number of hydrogen-bond acceptors (Lipinski definition) is 5. The first kappa shape index (κ1) is 16.0. The van der Waals surface area contributed by atoms with Gasteiger partial charge in [0.05, 0.1) is 6.10 Å². The molecule has 21 heavy (non-hydrogen) atoms. The number of aliphatic hydroxyl groups is 1. The molecule has 5 heteroatoms. The van der Waals surface area contributed by atoms with E-state index in [0.29, 0.717) is 0 Å². The summed E-state index contributed by atoms with van der Waals surface area (Å²) in [5, 5.41) is 16.5. The van der Waals surface area contributed by atoms with Crippen LogP contribution >= 0.6 is 0 Å². The van der Waals surface area contributed by atoms with Crippen molar-refractivity contribution in [2.45, 2.75) is 65.5 Å². The van der Waals surface area contributed by atoms with Gasteiger partial charge in [0.2, 0.25) is 0 Å². The first-order chi connectivity index (χ1) is 9.57. The fraction of sp³-hybridized carbons (Fsp3) is 0.750. The Kier molecular flexibility index (Phi) is 3.91. The van der Waals surface area contributed by atoms with Gasteiger partial charge in [0.15, 0.2) is 0 Å². The van der Waals surface area contributed by atoms with E-state index in [4.69, 9.17) is 4.98 Å². The third kappa shape index (κ3) is 2.84. The Bertz CT molecular complexity index is 534. The molecule has 118 valence electrons. The number of nitrogens with zero attached hydrogens (tertiary/aromatic N) is 2. The van der Waals surface area contributed by atoms with E-state index in [9.17, 15) is 5.11 Å². The van der Waals surface area contributed by atoms with Crippen molar-refractivity contribution >= 4 is 11.6 Å². The molecule has 1 saturated carbocycles. The highest BCUT2D eigenvalue weighted by atomic mass is 16.3. The van der Waals surface area contributed by atoms with Crippen molar-refractivity contribution in [2.75, 3.05) is 17.7 Å². The molecule has 0 amide bonds. The van der Waals surface area contributed by atoms with E-state index in [0.717, 1.165) is 29.4 Å². The summed E-state index contributed by atoms with van der Waals surface area (Å²) in [6.45, 7) is 12.5. The maximum atomic E-state index is 9.89. The van der Waals surface area contributed by atoms with E-state index >= 15 is 0 Å². The van der Waals surface area contributed by atoms with Crippen LogP contribution < -0.4 is 10.6 Å². The number of anilines is 2. The Hall–Kier alpha value is -1.36. The molecular formula is C16H28N4O. The fourth-order valence-electron chi connectivity index (χ4n) is 2.55. The summed E-state index contributed by atoms with van der Waals surface area (Å²) in [4.78, 5) is 9.33. The zero-order chi connectivity index (χ0) is 16.0. The summed E-state index contributed by atoms with van der Waals surface area (Å²) in [6.07, 6.45) is 0.513. The van der Waals surface area contributed by atoms with Crippen LogP contribution in [-0.4, -0.2) is 34.3 Å². The van der Waals surface area contributed by atoms with Crippen LogP contribution in [0.1, 0.15) is 52.4 Å². The monoisotopic (exact) mass is 292 g/mol. The normalized spacial score (nSPS) is 24.4. The van der Waals surface area contributed by atoms with Crippen molar-refractivity contribution in [3.05, 3.63) is 11.4 Å². The standard InChI is InChI=1S/C16H28N4O/c1-9-12(17-7)19-14(15(2,3)4)20-13(9)18-10-8-11(21)16(10,5)6/h10-11,21H,8H2,1-7H3,(H2,17,18,19,20). The first-order valence-corrected chi connectivity index (χ1v) is 7.59. The molecule has 1 aromatic rings. The van der Waals surface area contributed by atoms with E-state index in [1.54, 1.807) is 0 Å². The van der Waals surface area contributed by atoms with Crippen LogP contribution in [0.5, 0.6) is 0 Å². The number of aromatic nitrogens is 2. The minimum atomic E-state index is -0.247. The molecule has 0 radical (unpaired) electrons. The van der Waals surface area contributed by atoms with Crippen LogP contribution in [-0.2, 0) is 5.41 Å².